The van der Waals surface area contributed by atoms with Crippen LogP contribution in [0.3, 0.4) is 0 Å². The van der Waals surface area contributed by atoms with Gasteiger partial charge < -0.3 is 24.4 Å². The van der Waals surface area contributed by atoms with Gasteiger partial charge >= 0.3 is 6.03 Å². The van der Waals surface area contributed by atoms with E-state index in [0.29, 0.717) is 18.0 Å². The molecule has 0 spiro atoms. The van der Waals surface area contributed by atoms with Crippen LogP contribution in [0.25, 0.3) is 6.08 Å². The van der Waals surface area contributed by atoms with Gasteiger partial charge in [0.2, 0.25) is 0 Å². The first-order valence-corrected chi connectivity index (χ1v) is 12.2. The molecule has 2 aromatic carbocycles. The van der Waals surface area contributed by atoms with Crippen LogP contribution in [0.2, 0.25) is 0 Å². The fourth-order valence-electron chi connectivity index (χ4n) is 4.59. The number of nitrogens with one attached hydrogen (secondary N) is 1. The maximum absolute atomic E-state index is 12.8. The highest BCUT2D eigenvalue weighted by atomic mass is 16.5. The first kappa shape index (κ1) is 25.4. The first-order chi connectivity index (χ1) is 17.5. The molecule has 2 heterocycles. The highest BCUT2D eigenvalue weighted by molar-refractivity contribution is 6.13. The van der Waals surface area contributed by atoms with Crippen LogP contribution in [0.5, 0.6) is 17.2 Å². The Bertz CT molecular complexity index is 1110. The average molecular weight is 495 g/mol. The van der Waals surface area contributed by atoms with Crippen molar-refractivity contribution in [2.45, 2.75) is 12.8 Å². The van der Waals surface area contributed by atoms with Crippen molar-refractivity contribution in [3.63, 3.8) is 0 Å². The van der Waals surface area contributed by atoms with E-state index in [1.165, 1.54) is 4.90 Å². The number of nitrogens with zero attached hydrogens (tertiary/aromatic N) is 3. The van der Waals surface area contributed by atoms with Crippen molar-refractivity contribution < 1.29 is 23.8 Å². The molecule has 0 bridgehead atoms. The smallest absolute Gasteiger partial charge is 0.329 e. The van der Waals surface area contributed by atoms with Crippen molar-refractivity contribution in [3.8, 4) is 17.2 Å². The summed E-state index contributed by atoms with van der Waals surface area (Å²) >= 11 is 0. The zero-order chi connectivity index (χ0) is 25.5. The van der Waals surface area contributed by atoms with Crippen molar-refractivity contribution in [2.75, 3.05) is 65.5 Å². The molecule has 2 aromatic rings. The number of piperazine rings is 1. The molecule has 2 saturated heterocycles. The van der Waals surface area contributed by atoms with Gasteiger partial charge in [-0.2, -0.15) is 0 Å². The van der Waals surface area contributed by atoms with Crippen molar-refractivity contribution in [3.05, 3.63) is 53.7 Å². The lowest BCUT2D eigenvalue weighted by Gasteiger charge is -2.36. The fourth-order valence-corrected chi connectivity index (χ4v) is 4.59. The molecule has 3 amide bonds. The second-order valence-electron chi connectivity index (χ2n) is 8.77. The van der Waals surface area contributed by atoms with Crippen molar-refractivity contribution in [2.24, 2.45) is 0 Å². The quantitative estimate of drug-likeness (QED) is 0.309. The number of carbonyl (C=O) groups is 2. The fraction of sp³-hybridized carbons (Fsp3) is 0.407. The number of imide groups is 1. The Kier molecular flexibility index (Phi) is 8.32. The first-order valence-electron chi connectivity index (χ1n) is 12.2. The normalized spacial score (nSPS) is 17.5. The number of unbranched alkanes of at least 4 members (excludes halogenated alkanes) is 1. The summed E-state index contributed by atoms with van der Waals surface area (Å²) in [7, 11) is 4.82. The molecule has 0 aromatic heterocycles. The molecular formula is C27H34N4O5. The standard InChI is InChI=1S/C27H34N4O5/c1-34-23-9-5-4-8-22(23)30-16-14-29(15-17-30)12-6-7-13-31-26(32)21(28-27(31)33)18-20-10-11-24(35-2)25(19-20)36-3/h4-5,8-11,18-19H,6-7,12-17H2,1-3H3,(H,28,33)/b21-18-. The molecule has 0 unspecified atom stereocenters. The van der Waals surface area contributed by atoms with Gasteiger partial charge in [0.15, 0.2) is 11.5 Å². The summed E-state index contributed by atoms with van der Waals surface area (Å²) in [6.07, 6.45) is 3.33. The van der Waals surface area contributed by atoms with E-state index in [-0.39, 0.29) is 17.6 Å². The van der Waals surface area contributed by atoms with Crippen molar-refractivity contribution >= 4 is 23.7 Å². The Hall–Kier alpha value is -3.72. The van der Waals surface area contributed by atoms with Crippen LogP contribution in [-0.4, -0.2) is 82.3 Å². The number of carbonyl (C=O) groups excluding carboxylic acids is 2. The summed E-state index contributed by atoms with van der Waals surface area (Å²) in [5.41, 5.74) is 2.14. The molecule has 0 atom stereocenters. The van der Waals surface area contributed by atoms with E-state index in [1.807, 2.05) is 24.3 Å². The molecule has 0 radical (unpaired) electrons. The van der Waals surface area contributed by atoms with Crippen LogP contribution in [0.15, 0.2) is 48.2 Å². The molecule has 2 fully saturated rings. The van der Waals surface area contributed by atoms with E-state index in [0.717, 1.165) is 62.6 Å². The van der Waals surface area contributed by atoms with Crippen molar-refractivity contribution in [1.82, 2.24) is 15.1 Å². The lowest BCUT2D eigenvalue weighted by molar-refractivity contribution is -0.122. The molecule has 2 aliphatic rings. The second kappa shape index (κ2) is 11.8. The third-order valence-electron chi connectivity index (χ3n) is 6.59. The van der Waals surface area contributed by atoms with Gasteiger partial charge in [-0.15, -0.1) is 0 Å². The Balaban J connectivity index is 1.23. The van der Waals surface area contributed by atoms with Crippen LogP contribution in [0.4, 0.5) is 10.5 Å². The predicted molar refractivity (Wildman–Crippen MR) is 139 cm³/mol. The minimum atomic E-state index is -0.378. The Morgan fingerprint density at radius 3 is 2.25 bits per heavy atom. The van der Waals surface area contributed by atoms with Gasteiger partial charge in [-0.05, 0) is 55.3 Å². The summed E-state index contributed by atoms with van der Waals surface area (Å²) in [5, 5.41) is 2.69. The van der Waals surface area contributed by atoms with Gasteiger partial charge in [-0.25, -0.2) is 4.79 Å². The number of benzene rings is 2. The van der Waals surface area contributed by atoms with E-state index in [1.54, 1.807) is 39.5 Å². The minimum absolute atomic E-state index is 0.264. The Labute approximate surface area is 212 Å². The highest BCUT2D eigenvalue weighted by Crippen LogP contribution is 2.29. The van der Waals surface area contributed by atoms with E-state index in [9.17, 15) is 9.59 Å². The van der Waals surface area contributed by atoms with Gasteiger partial charge in [-0.1, -0.05) is 18.2 Å². The van der Waals surface area contributed by atoms with E-state index in [4.69, 9.17) is 14.2 Å². The monoisotopic (exact) mass is 494 g/mol. The lowest BCUT2D eigenvalue weighted by atomic mass is 10.1. The molecule has 9 heteroatoms. The topological polar surface area (TPSA) is 83.6 Å². The van der Waals surface area contributed by atoms with E-state index < -0.39 is 0 Å². The molecule has 36 heavy (non-hydrogen) atoms. The summed E-state index contributed by atoms with van der Waals surface area (Å²) in [6.45, 7) is 5.17. The summed E-state index contributed by atoms with van der Waals surface area (Å²) in [5.74, 6) is 1.76. The molecule has 9 nitrogen and oxygen atoms in total. The number of hydrogen-bond donors (Lipinski definition) is 1. The molecule has 0 saturated carbocycles. The largest absolute Gasteiger partial charge is 0.495 e. The van der Waals surface area contributed by atoms with Gasteiger partial charge in [0.1, 0.15) is 11.4 Å². The second-order valence-corrected chi connectivity index (χ2v) is 8.77. The number of methoxy groups -OCH3 is 3. The Morgan fingerprint density at radius 1 is 0.833 bits per heavy atom. The van der Waals surface area contributed by atoms with E-state index >= 15 is 0 Å². The van der Waals surface area contributed by atoms with Crippen LogP contribution in [0.1, 0.15) is 18.4 Å². The number of rotatable bonds is 10. The molecule has 2 aliphatic heterocycles. The van der Waals surface area contributed by atoms with Gasteiger partial charge in [-0.3, -0.25) is 14.6 Å². The number of hydrogen-bond acceptors (Lipinski definition) is 7. The number of anilines is 1. The summed E-state index contributed by atoms with van der Waals surface area (Å²) in [6, 6.07) is 13.1. The van der Waals surface area contributed by atoms with E-state index in [2.05, 4.69) is 21.2 Å². The lowest BCUT2D eigenvalue weighted by Crippen LogP contribution is -2.46. The maximum atomic E-state index is 12.8. The van der Waals surface area contributed by atoms with Crippen LogP contribution in [-0.2, 0) is 4.79 Å². The SMILES string of the molecule is COc1ccc(/C=C2\NC(=O)N(CCCCN3CCN(c4ccccc4OC)CC3)C2=O)cc1OC. The van der Waals surface area contributed by atoms with Gasteiger partial charge in [0.25, 0.3) is 5.91 Å². The number of ether oxygens (including phenoxy) is 3. The summed E-state index contributed by atoms with van der Waals surface area (Å²) < 4.78 is 16.1. The third kappa shape index (κ3) is 5.73. The highest BCUT2D eigenvalue weighted by Gasteiger charge is 2.33. The molecule has 192 valence electrons. The van der Waals surface area contributed by atoms with Crippen molar-refractivity contribution in [1.29, 1.82) is 0 Å². The zero-order valence-electron chi connectivity index (χ0n) is 21.2. The third-order valence-corrected chi connectivity index (χ3v) is 6.59. The molecule has 4 rings (SSSR count). The zero-order valence-corrected chi connectivity index (χ0v) is 21.2. The minimum Gasteiger partial charge on any atom is -0.495 e. The average Bonchev–Trinajstić information content (AvgIpc) is 3.18. The number of urea groups is 1. The maximum Gasteiger partial charge on any atom is 0.329 e. The van der Waals surface area contributed by atoms with Gasteiger partial charge in [0.05, 0.1) is 27.0 Å². The van der Waals surface area contributed by atoms with Gasteiger partial charge in [0, 0.05) is 32.7 Å². The van der Waals surface area contributed by atoms with Crippen LogP contribution in [0, 0.1) is 0 Å². The molecular weight excluding hydrogens is 460 g/mol. The summed E-state index contributed by atoms with van der Waals surface area (Å²) in [4.78, 5) is 31.3. The number of para-hydroxylation sites is 2. The van der Waals surface area contributed by atoms with Crippen LogP contribution >= 0.6 is 0 Å². The molecule has 1 N–H and O–H groups in total. The molecule has 0 aliphatic carbocycles. The predicted octanol–water partition coefficient (Wildman–Crippen LogP) is 3.21. The number of amides is 3. The Morgan fingerprint density at radius 2 is 1.53 bits per heavy atom. The van der Waals surface area contributed by atoms with Crippen LogP contribution < -0.4 is 24.4 Å².